The Morgan fingerprint density at radius 1 is 1.43 bits per heavy atom. The molecule has 0 radical (unpaired) electrons. The number of hydrogen-bond acceptors (Lipinski definition) is 5. The zero-order chi connectivity index (χ0) is 16.6. The third-order valence-corrected chi connectivity index (χ3v) is 5.12. The van der Waals surface area contributed by atoms with Gasteiger partial charge in [-0.05, 0) is 37.1 Å². The standard InChI is InChI=1S/C15H17N3O4S/c1-10-8-16-15(22-10)9-17-23(20,21)13-3-4-14-12(7-13)5-6-18(14)11(2)19/h3-4,7-8,17H,5-6,9H2,1-2H3. The number of benzene rings is 1. The molecule has 2 aromatic rings. The van der Waals surface area contributed by atoms with E-state index in [9.17, 15) is 13.2 Å². The number of amides is 1. The first-order chi connectivity index (χ1) is 10.9. The second kappa shape index (κ2) is 5.78. The fourth-order valence-electron chi connectivity index (χ4n) is 2.60. The van der Waals surface area contributed by atoms with E-state index >= 15 is 0 Å². The van der Waals surface area contributed by atoms with Gasteiger partial charge in [0, 0.05) is 19.2 Å². The zero-order valence-electron chi connectivity index (χ0n) is 12.9. The van der Waals surface area contributed by atoms with Crippen molar-refractivity contribution in [3.05, 3.63) is 41.6 Å². The lowest BCUT2D eigenvalue weighted by atomic mass is 10.2. The summed E-state index contributed by atoms with van der Waals surface area (Å²) in [4.78, 5) is 17.3. The number of sulfonamides is 1. The van der Waals surface area contributed by atoms with Gasteiger partial charge >= 0.3 is 0 Å². The van der Waals surface area contributed by atoms with Crippen molar-refractivity contribution < 1.29 is 17.6 Å². The molecule has 2 heterocycles. The fraction of sp³-hybridized carbons (Fsp3) is 0.333. The maximum absolute atomic E-state index is 12.4. The van der Waals surface area contributed by atoms with E-state index in [0.717, 1.165) is 11.3 Å². The molecule has 1 N–H and O–H groups in total. The van der Waals surface area contributed by atoms with Crippen molar-refractivity contribution in [2.45, 2.75) is 31.7 Å². The first-order valence-corrected chi connectivity index (χ1v) is 8.67. The van der Waals surface area contributed by atoms with Gasteiger partial charge in [0.05, 0.1) is 17.6 Å². The lowest BCUT2D eigenvalue weighted by Crippen LogP contribution is -2.26. The maximum atomic E-state index is 12.4. The third kappa shape index (κ3) is 3.13. The summed E-state index contributed by atoms with van der Waals surface area (Å²) in [5.74, 6) is 0.896. The number of hydrogen-bond donors (Lipinski definition) is 1. The predicted octanol–water partition coefficient (Wildman–Crippen LogP) is 1.37. The number of rotatable bonds is 4. The fourth-order valence-corrected chi connectivity index (χ4v) is 3.62. The summed E-state index contributed by atoms with van der Waals surface area (Å²) in [7, 11) is -3.66. The molecule has 8 heteroatoms. The van der Waals surface area contributed by atoms with Gasteiger partial charge in [0.1, 0.15) is 5.76 Å². The highest BCUT2D eigenvalue weighted by Crippen LogP contribution is 2.30. The van der Waals surface area contributed by atoms with Gasteiger partial charge in [0.15, 0.2) is 0 Å². The minimum atomic E-state index is -3.66. The molecule has 0 aliphatic carbocycles. The van der Waals surface area contributed by atoms with Crippen LogP contribution in [0.3, 0.4) is 0 Å². The highest BCUT2D eigenvalue weighted by Gasteiger charge is 2.24. The van der Waals surface area contributed by atoms with Crippen molar-refractivity contribution in [1.82, 2.24) is 9.71 Å². The van der Waals surface area contributed by atoms with Gasteiger partial charge in [0.25, 0.3) is 0 Å². The van der Waals surface area contributed by atoms with Crippen molar-refractivity contribution in [2.75, 3.05) is 11.4 Å². The SMILES string of the molecule is CC(=O)N1CCc2cc(S(=O)(=O)NCc3ncc(C)o3)ccc21. The van der Waals surface area contributed by atoms with Crippen LogP contribution < -0.4 is 9.62 Å². The Balaban J connectivity index is 1.80. The average molecular weight is 335 g/mol. The number of anilines is 1. The molecule has 1 aliphatic heterocycles. The molecule has 1 aromatic heterocycles. The summed E-state index contributed by atoms with van der Waals surface area (Å²) in [5, 5.41) is 0. The molecule has 23 heavy (non-hydrogen) atoms. The first kappa shape index (κ1) is 15.7. The van der Waals surface area contributed by atoms with E-state index in [-0.39, 0.29) is 17.3 Å². The molecule has 0 saturated heterocycles. The van der Waals surface area contributed by atoms with Gasteiger partial charge in [-0.15, -0.1) is 0 Å². The minimum Gasteiger partial charge on any atom is -0.445 e. The van der Waals surface area contributed by atoms with Crippen LogP contribution in [0.5, 0.6) is 0 Å². The maximum Gasteiger partial charge on any atom is 0.241 e. The average Bonchev–Trinajstić information content (AvgIpc) is 3.10. The predicted molar refractivity (Wildman–Crippen MR) is 83.4 cm³/mol. The number of nitrogens with zero attached hydrogens (tertiary/aromatic N) is 2. The van der Waals surface area contributed by atoms with Crippen molar-refractivity contribution in [3.8, 4) is 0 Å². The Morgan fingerprint density at radius 3 is 2.87 bits per heavy atom. The van der Waals surface area contributed by atoms with Crippen LogP contribution in [-0.2, 0) is 27.8 Å². The number of fused-ring (bicyclic) bond motifs is 1. The summed E-state index contributed by atoms with van der Waals surface area (Å²) in [5.41, 5.74) is 1.63. The van der Waals surface area contributed by atoms with Crippen LogP contribution in [0.2, 0.25) is 0 Å². The molecule has 0 saturated carbocycles. The van der Waals surface area contributed by atoms with Crippen LogP contribution >= 0.6 is 0 Å². The normalized spacial score (nSPS) is 14.1. The second-order valence-corrected chi connectivity index (χ2v) is 7.17. The Morgan fingerprint density at radius 2 is 2.22 bits per heavy atom. The van der Waals surface area contributed by atoms with Gasteiger partial charge in [0.2, 0.25) is 21.8 Å². The molecule has 1 aliphatic rings. The van der Waals surface area contributed by atoms with E-state index in [0.29, 0.717) is 24.6 Å². The van der Waals surface area contributed by atoms with Crippen LogP contribution in [0.4, 0.5) is 5.69 Å². The molecule has 0 bridgehead atoms. The summed E-state index contributed by atoms with van der Waals surface area (Å²) in [6, 6.07) is 4.79. The zero-order valence-corrected chi connectivity index (χ0v) is 13.7. The van der Waals surface area contributed by atoms with Gasteiger partial charge < -0.3 is 9.32 Å². The number of aryl methyl sites for hydroxylation is 1. The summed E-state index contributed by atoms with van der Waals surface area (Å²) in [6.45, 7) is 3.82. The van der Waals surface area contributed by atoms with E-state index < -0.39 is 10.0 Å². The van der Waals surface area contributed by atoms with E-state index in [1.807, 2.05) is 0 Å². The van der Waals surface area contributed by atoms with E-state index in [1.54, 1.807) is 24.0 Å². The molecule has 3 rings (SSSR count). The Kier molecular flexibility index (Phi) is 3.95. The molecule has 0 atom stereocenters. The van der Waals surface area contributed by atoms with Crippen LogP contribution in [0.1, 0.15) is 24.1 Å². The van der Waals surface area contributed by atoms with E-state index in [4.69, 9.17) is 4.42 Å². The lowest BCUT2D eigenvalue weighted by Gasteiger charge is -2.15. The van der Waals surface area contributed by atoms with Crippen LogP contribution in [-0.4, -0.2) is 25.9 Å². The van der Waals surface area contributed by atoms with Crippen molar-refractivity contribution >= 4 is 21.6 Å². The monoisotopic (exact) mass is 335 g/mol. The van der Waals surface area contributed by atoms with Crippen molar-refractivity contribution in [3.63, 3.8) is 0 Å². The van der Waals surface area contributed by atoms with Crippen LogP contribution in [0.25, 0.3) is 0 Å². The topological polar surface area (TPSA) is 92.5 Å². The minimum absolute atomic E-state index is 0.00711. The molecule has 0 fully saturated rings. The third-order valence-electron chi connectivity index (χ3n) is 3.72. The van der Waals surface area contributed by atoms with Gasteiger partial charge in [-0.3, -0.25) is 4.79 Å². The molecule has 0 unspecified atom stereocenters. The van der Waals surface area contributed by atoms with Crippen LogP contribution in [0, 0.1) is 6.92 Å². The number of aromatic nitrogens is 1. The highest BCUT2D eigenvalue weighted by atomic mass is 32.2. The summed E-state index contributed by atoms with van der Waals surface area (Å²) < 4.78 is 32.4. The second-order valence-electron chi connectivity index (χ2n) is 5.40. The molecule has 1 amide bonds. The summed E-state index contributed by atoms with van der Waals surface area (Å²) in [6.07, 6.45) is 2.19. The Bertz CT molecular complexity index is 857. The van der Waals surface area contributed by atoms with Gasteiger partial charge in [-0.25, -0.2) is 18.1 Å². The molecule has 1 aromatic carbocycles. The Hall–Kier alpha value is -2.19. The van der Waals surface area contributed by atoms with Crippen molar-refractivity contribution in [2.24, 2.45) is 0 Å². The van der Waals surface area contributed by atoms with E-state index in [1.165, 1.54) is 19.2 Å². The van der Waals surface area contributed by atoms with Crippen LogP contribution in [0.15, 0.2) is 33.7 Å². The molecular weight excluding hydrogens is 318 g/mol. The summed E-state index contributed by atoms with van der Waals surface area (Å²) >= 11 is 0. The molecular formula is C15H17N3O4S. The number of oxazole rings is 1. The van der Waals surface area contributed by atoms with E-state index in [2.05, 4.69) is 9.71 Å². The quantitative estimate of drug-likeness (QED) is 0.911. The highest BCUT2D eigenvalue weighted by molar-refractivity contribution is 7.89. The van der Waals surface area contributed by atoms with Crippen molar-refractivity contribution in [1.29, 1.82) is 0 Å². The molecule has 7 nitrogen and oxygen atoms in total. The number of nitrogens with one attached hydrogen (secondary N) is 1. The van der Waals surface area contributed by atoms with Gasteiger partial charge in [-0.2, -0.15) is 0 Å². The first-order valence-electron chi connectivity index (χ1n) is 7.19. The molecule has 122 valence electrons. The smallest absolute Gasteiger partial charge is 0.241 e. The Labute approximate surface area is 134 Å². The molecule has 0 spiro atoms. The lowest BCUT2D eigenvalue weighted by molar-refractivity contribution is -0.116. The largest absolute Gasteiger partial charge is 0.445 e. The number of carbonyl (C=O) groups excluding carboxylic acids is 1. The van der Waals surface area contributed by atoms with Gasteiger partial charge in [-0.1, -0.05) is 0 Å². The number of carbonyl (C=O) groups is 1.